The molecule has 0 aromatic carbocycles. The lowest BCUT2D eigenvalue weighted by Gasteiger charge is -2.29. The van der Waals surface area contributed by atoms with Crippen LogP contribution in [0.5, 0.6) is 0 Å². The fraction of sp³-hybridized carbons (Fsp3) is 0.733. The van der Waals surface area contributed by atoms with E-state index in [1.54, 1.807) is 0 Å². The summed E-state index contributed by atoms with van der Waals surface area (Å²) < 4.78 is 2.14. The van der Waals surface area contributed by atoms with Crippen molar-refractivity contribution in [2.24, 2.45) is 0 Å². The average molecular weight is 276 g/mol. The molecule has 1 amide bonds. The Balaban J connectivity index is 1.47. The first kappa shape index (κ1) is 13.6. The third kappa shape index (κ3) is 2.87. The van der Waals surface area contributed by atoms with Crippen LogP contribution in [0.1, 0.15) is 38.3 Å². The number of carbonyl (C=O) groups is 1. The minimum atomic E-state index is 0.295. The van der Waals surface area contributed by atoms with Gasteiger partial charge in [-0.15, -0.1) is 0 Å². The summed E-state index contributed by atoms with van der Waals surface area (Å²) in [5, 5.41) is 0. The van der Waals surface area contributed by atoms with Gasteiger partial charge in [-0.25, -0.2) is 4.98 Å². The number of fused-ring (bicyclic) bond motifs is 1. The maximum atomic E-state index is 12.3. The lowest BCUT2D eigenvalue weighted by Crippen LogP contribution is -2.39. The van der Waals surface area contributed by atoms with E-state index in [1.165, 1.54) is 25.9 Å². The van der Waals surface area contributed by atoms with E-state index in [-0.39, 0.29) is 0 Å². The normalized spacial score (nSPS) is 20.9. The third-order valence-corrected chi connectivity index (χ3v) is 4.65. The van der Waals surface area contributed by atoms with Crippen LogP contribution in [0.4, 0.5) is 0 Å². The van der Waals surface area contributed by atoms with Gasteiger partial charge in [-0.1, -0.05) is 0 Å². The number of amides is 1. The van der Waals surface area contributed by atoms with E-state index < -0.39 is 0 Å². The number of likely N-dealkylation sites (tertiary alicyclic amines) is 1. The van der Waals surface area contributed by atoms with Gasteiger partial charge in [0.1, 0.15) is 0 Å². The van der Waals surface area contributed by atoms with Crippen LogP contribution in [0, 0.1) is 0 Å². The van der Waals surface area contributed by atoms with Crippen molar-refractivity contribution in [3.8, 4) is 0 Å². The van der Waals surface area contributed by atoms with Gasteiger partial charge in [0.25, 0.3) is 0 Å². The molecular formula is C15H24N4O. The quantitative estimate of drug-likeness (QED) is 0.836. The lowest BCUT2D eigenvalue weighted by atomic mass is 10.1. The molecule has 0 unspecified atom stereocenters. The standard InChI is InChI=1S/C15H24N4O/c1-13(17-6-2-3-7-17)4-5-15(20)18-8-9-19-12-16-10-14(19)11-18/h10,12-13H,2-9,11H2,1H3/t13-/m0/s1. The number of nitrogens with zero attached hydrogens (tertiary/aromatic N) is 4. The van der Waals surface area contributed by atoms with Gasteiger partial charge >= 0.3 is 0 Å². The highest BCUT2D eigenvalue weighted by Gasteiger charge is 2.23. The highest BCUT2D eigenvalue weighted by atomic mass is 16.2. The van der Waals surface area contributed by atoms with E-state index in [9.17, 15) is 4.79 Å². The molecule has 1 fully saturated rings. The topological polar surface area (TPSA) is 41.4 Å². The molecule has 110 valence electrons. The smallest absolute Gasteiger partial charge is 0.223 e. The molecule has 0 aliphatic carbocycles. The molecule has 0 saturated carbocycles. The van der Waals surface area contributed by atoms with Crippen molar-refractivity contribution < 1.29 is 4.79 Å². The molecule has 0 bridgehead atoms. The summed E-state index contributed by atoms with van der Waals surface area (Å²) in [6.07, 6.45) is 8.00. The van der Waals surface area contributed by atoms with Gasteiger partial charge in [-0.2, -0.15) is 0 Å². The molecule has 1 atom stereocenters. The molecule has 1 saturated heterocycles. The first-order chi connectivity index (χ1) is 9.74. The van der Waals surface area contributed by atoms with Gasteiger partial charge < -0.3 is 14.4 Å². The molecule has 0 N–H and O–H groups in total. The van der Waals surface area contributed by atoms with Gasteiger partial charge in [0.05, 0.1) is 18.6 Å². The Labute approximate surface area is 120 Å². The molecule has 2 aliphatic rings. The zero-order valence-electron chi connectivity index (χ0n) is 12.3. The van der Waals surface area contributed by atoms with Crippen molar-refractivity contribution in [1.82, 2.24) is 19.4 Å². The number of rotatable bonds is 4. The summed E-state index contributed by atoms with van der Waals surface area (Å²) in [4.78, 5) is 21.0. The van der Waals surface area contributed by atoms with E-state index in [1.807, 2.05) is 17.4 Å². The van der Waals surface area contributed by atoms with Gasteiger partial charge in [0.2, 0.25) is 5.91 Å². The number of hydrogen-bond donors (Lipinski definition) is 0. The van der Waals surface area contributed by atoms with E-state index in [0.29, 0.717) is 18.4 Å². The molecule has 0 radical (unpaired) electrons. The Morgan fingerprint density at radius 3 is 2.90 bits per heavy atom. The second-order valence-electron chi connectivity index (χ2n) is 6.02. The summed E-state index contributed by atoms with van der Waals surface area (Å²) in [5.41, 5.74) is 1.15. The highest BCUT2D eigenvalue weighted by molar-refractivity contribution is 5.76. The fourth-order valence-corrected chi connectivity index (χ4v) is 3.25. The van der Waals surface area contributed by atoms with Crippen molar-refractivity contribution in [2.45, 2.75) is 51.7 Å². The van der Waals surface area contributed by atoms with Crippen LogP contribution in [-0.4, -0.2) is 50.9 Å². The monoisotopic (exact) mass is 276 g/mol. The summed E-state index contributed by atoms with van der Waals surface area (Å²) in [6, 6.07) is 0.539. The van der Waals surface area contributed by atoms with Crippen molar-refractivity contribution in [2.75, 3.05) is 19.6 Å². The predicted molar refractivity (Wildman–Crippen MR) is 77.1 cm³/mol. The highest BCUT2D eigenvalue weighted by Crippen LogP contribution is 2.17. The van der Waals surface area contributed by atoms with E-state index in [0.717, 1.165) is 31.7 Å². The van der Waals surface area contributed by atoms with Crippen LogP contribution in [0.3, 0.4) is 0 Å². The second-order valence-corrected chi connectivity index (χ2v) is 6.02. The lowest BCUT2D eigenvalue weighted by molar-refractivity contribution is -0.133. The molecule has 3 heterocycles. The first-order valence-corrected chi connectivity index (χ1v) is 7.75. The van der Waals surface area contributed by atoms with Crippen LogP contribution >= 0.6 is 0 Å². The maximum absolute atomic E-state index is 12.3. The Hall–Kier alpha value is -1.36. The molecular weight excluding hydrogens is 252 g/mol. The molecule has 1 aromatic rings. The maximum Gasteiger partial charge on any atom is 0.223 e. The number of aromatic nitrogens is 2. The Kier molecular flexibility index (Phi) is 4.05. The number of hydrogen-bond acceptors (Lipinski definition) is 3. The summed E-state index contributed by atoms with van der Waals surface area (Å²) in [6.45, 7) is 7.08. The van der Waals surface area contributed by atoms with Crippen LogP contribution < -0.4 is 0 Å². The molecule has 20 heavy (non-hydrogen) atoms. The van der Waals surface area contributed by atoms with Crippen molar-refractivity contribution >= 4 is 5.91 Å². The third-order valence-electron chi connectivity index (χ3n) is 4.65. The van der Waals surface area contributed by atoms with Crippen LogP contribution in [0.25, 0.3) is 0 Å². The summed E-state index contributed by atoms with van der Waals surface area (Å²) in [5.74, 6) is 0.295. The van der Waals surface area contributed by atoms with Crippen LogP contribution in [0.2, 0.25) is 0 Å². The molecule has 5 heteroatoms. The minimum Gasteiger partial charge on any atom is -0.335 e. The minimum absolute atomic E-state index is 0.295. The van der Waals surface area contributed by atoms with Gasteiger partial charge in [0.15, 0.2) is 0 Å². The molecule has 1 aromatic heterocycles. The van der Waals surface area contributed by atoms with Crippen molar-refractivity contribution in [3.05, 3.63) is 18.2 Å². The number of imidazole rings is 1. The van der Waals surface area contributed by atoms with E-state index in [4.69, 9.17) is 0 Å². The van der Waals surface area contributed by atoms with Gasteiger partial charge in [-0.05, 0) is 39.3 Å². The molecule has 5 nitrogen and oxygen atoms in total. The average Bonchev–Trinajstić information content (AvgIpc) is 3.13. The van der Waals surface area contributed by atoms with Crippen molar-refractivity contribution in [3.63, 3.8) is 0 Å². The molecule has 0 spiro atoms. The zero-order chi connectivity index (χ0) is 13.9. The predicted octanol–water partition coefficient (Wildman–Crippen LogP) is 1.49. The molecule has 3 rings (SSSR count). The molecule has 2 aliphatic heterocycles. The van der Waals surface area contributed by atoms with Crippen molar-refractivity contribution in [1.29, 1.82) is 0 Å². The fourth-order valence-electron chi connectivity index (χ4n) is 3.25. The number of carbonyl (C=O) groups excluding carboxylic acids is 1. The van der Waals surface area contributed by atoms with Gasteiger partial charge in [0, 0.05) is 31.7 Å². The Morgan fingerprint density at radius 2 is 2.10 bits per heavy atom. The largest absolute Gasteiger partial charge is 0.335 e. The van der Waals surface area contributed by atoms with Gasteiger partial charge in [-0.3, -0.25) is 4.79 Å². The van der Waals surface area contributed by atoms with Crippen LogP contribution in [-0.2, 0) is 17.9 Å². The first-order valence-electron chi connectivity index (χ1n) is 7.75. The Morgan fingerprint density at radius 1 is 1.30 bits per heavy atom. The Bertz CT molecular complexity index is 464. The second kappa shape index (κ2) is 5.95. The van der Waals surface area contributed by atoms with E-state index >= 15 is 0 Å². The zero-order valence-corrected chi connectivity index (χ0v) is 12.3. The summed E-state index contributed by atoms with van der Waals surface area (Å²) in [7, 11) is 0. The van der Waals surface area contributed by atoms with Crippen LogP contribution in [0.15, 0.2) is 12.5 Å². The summed E-state index contributed by atoms with van der Waals surface area (Å²) >= 11 is 0. The van der Waals surface area contributed by atoms with E-state index in [2.05, 4.69) is 21.4 Å². The SMILES string of the molecule is C[C@@H](CCC(=O)N1CCn2cncc2C1)N1CCCC1.